The lowest BCUT2D eigenvalue weighted by atomic mass is 10.1. The summed E-state index contributed by atoms with van der Waals surface area (Å²) in [4.78, 5) is 22.8. The van der Waals surface area contributed by atoms with Crippen molar-refractivity contribution in [3.8, 4) is 22.9 Å². The van der Waals surface area contributed by atoms with E-state index in [0.29, 0.717) is 11.5 Å². The van der Waals surface area contributed by atoms with Gasteiger partial charge >= 0.3 is 5.82 Å². The van der Waals surface area contributed by atoms with Crippen molar-refractivity contribution in [2.24, 2.45) is 0 Å². The topological polar surface area (TPSA) is 108 Å². The first-order valence-corrected chi connectivity index (χ1v) is 7.26. The van der Waals surface area contributed by atoms with E-state index in [1.54, 1.807) is 12.1 Å². The average molecular weight is 334 g/mol. The number of rotatable bonds is 4. The van der Waals surface area contributed by atoms with E-state index < -0.39 is 4.92 Å². The van der Waals surface area contributed by atoms with Gasteiger partial charge in [-0.15, -0.1) is 0 Å². The van der Waals surface area contributed by atoms with Gasteiger partial charge in [0.05, 0.1) is 5.69 Å². The molecule has 9 nitrogen and oxygen atoms in total. The fourth-order valence-electron chi connectivity index (χ4n) is 2.33. The summed E-state index contributed by atoms with van der Waals surface area (Å²) in [5, 5.41) is 15.2. The summed E-state index contributed by atoms with van der Waals surface area (Å²) in [7, 11) is 0. The first-order valence-electron chi connectivity index (χ1n) is 7.26. The van der Waals surface area contributed by atoms with Crippen LogP contribution in [0.3, 0.4) is 0 Å². The fourth-order valence-corrected chi connectivity index (χ4v) is 2.33. The normalized spacial score (nSPS) is 10.7. The van der Waals surface area contributed by atoms with E-state index in [2.05, 4.69) is 20.1 Å². The molecule has 25 heavy (non-hydrogen) atoms. The van der Waals surface area contributed by atoms with Crippen LogP contribution < -0.4 is 4.74 Å². The van der Waals surface area contributed by atoms with Gasteiger partial charge in [0.15, 0.2) is 0 Å². The van der Waals surface area contributed by atoms with Crippen LogP contribution in [0.25, 0.3) is 17.0 Å². The molecule has 0 bridgehead atoms. The molecule has 3 heterocycles. The first-order chi connectivity index (χ1) is 12.2. The van der Waals surface area contributed by atoms with Gasteiger partial charge < -0.3 is 14.9 Å². The fraction of sp³-hybridized carbons (Fsp3) is 0. The van der Waals surface area contributed by atoms with Gasteiger partial charge in [-0.2, -0.15) is 14.6 Å². The second-order valence-electron chi connectivity index (χ2n) is 5.00. The van der Waals surface area contributed by atoms with Crippen molar-refractivity contribution >= 4 is 11.6 Å². The van der Waals surface area contributed by atoms with Crippen molar-refractivity contribution in [1.82, 2.24) is 24.6 Å². The Morgan fingerprint density at radius 1 is 1.08 bits per heavy atom. The number of nitro groups is 1. The Balaban J connectivity index is 1.85. The summed E-state index contributed by atoms with van der Waals surface area (Å²) in [5.41, 5.74) is 1.47. The van der Waals surface area contributed by atoms with Crippen LogP contribution in [0.2, 0.25) is 0 Å². The standard InChI is InChI=1S/C16H10N6O3/c23-22(24)15-13(7-4-8-17-15)25-14-9-12(11-5-2-1-3-6-11)20-16-18-10-19-21(14)16/h1-10H. The van der Waals surface area contributed by atoms with Crippen LogP contribution >= 0.6 is 0 Å². The van der Waals surface area contributed by atoms with E-state index in [1.165, 1.54) is 23.1 Å². The molecule has 4 rings (SSSR count). The van der Waals surface area contributed by atoms with Crippen LogP contribution in [0.4, 0.5) is 5.82 Å². The van der Waals surface area contributed by atoms with Crippen LogP contribution in [-0.2, 0) is 0 Å². The highest BCUT2D eigenvalue weighted by atomic mass is 16.6. The van der Waals surface area contributed by atoms with E-state index >= 15 is 0 Å². The van der Waals surface area contributed by atoms with Crippen molar-refractivity contribution in [1.29, 1.82) is 0 Å². The van der Waals surface area contributed by atoms with Gasteiger partial charge in [0.2, 0.25) is 11.6 Å². The summed E-state index contributed by atoms with van der Waals surface area (Å²) < 4.78 is 7.09. The van der Waals surface area contributed by atoms with Gasteiger partial charge in [-0.1, -0.05) is 30.3 Å². The minimum atomic E-state index is -0.604. The minimum absolute atomic E-state index is 0.00881. The van der Waals surface area contributed by atoms with E-state index in [0.717, 1.165) is 5.56 Å². The number of nitrogens with zero attached hydrogens (tertiary/aromatic N) is 6. The second kappa shape index (κ2) is 5.96. The molecule has 3 aromatic heterocycles. The summed E-state index contributed by atoms with van der Waals surface area (Å²) >= 11 is 0. The molecule has 1 aromatic carbocycles. The Bertz CT molecular complexity index is 1060. The maximum absolute atomic E-state index is 11.1. The summed E-state index contributed by atoms with van der Waals surface area (Å²) in [6, 6.07) is 14.1. The van der Waals surface area contributed by atoms with Gasteiger partial charge in [0.25, 0.3) is 5.78 Å². The summed E-state index contributed by atoms with van der Waals surface area (Å²) in [6.07, 6.45) is 2.67. The van der Waals surface area contributed by atoms with E-state index in [9.17, 15) is 10.1 Å². The molecule has 0 aliphatic heterocycles. The number of hydrogen-bond donors (Lipinski definition) is 0. The third-order valence-electron chi connectivity index (χ3n) is 3.43. The first kappa shape index (κ1) is 14.7. The Kier molecular flexibility index (Phi) is 3.51. The Hall–Kier alpha value is -3.88. The Morgan fingerprint density at radius 2 is 1.92 bits per heavy atom. The maximum atomic E-state index is 11.1. The van der Waals surface area contributed by atoms with Gasteiger partial charge in [-0.05, 0) is 22.0 Å². The quantitative estimate of drug-likeness (QED) is 0.417. The number of fused-ring (bicyclic) bond motifs is 1. The highest BCUT2D eigenvalue weighted by molar-refractivity contribution is 5.62. The Morgan fingerprint density at radius 3 is 2.72 bits per heavy atom. The summed E-state index contributed by atoms with van der Waals surface area (Å²) in [5.74, 6) is 0.198. The molecule has 122 valence electrons. The molecule has 0 aliphatic carbocycles. The van der Waals surface area contributed by atoms with Crippen LogP contribution in [0, 0.1) is 10.1 Å². The van der Waals surface area contributed by atoms with Crippen molar-refractivity contribution in [3.05, 3.63) is 71.2 Å². The lowest BCUT2D eigenvalue weighted by molar-refractivity contribution is -0.390. The lowest BCUT2D eigenvalue weighted by Crippen LogP contribution is -2.02. The highest BCUT2D eigenvalue weighted by Gasteiger charge is 2.19. The van der Waals surface area contributed by atoms with E-state index in [4.69, 9.17) is 4.74 Å². The van der Waals surface area contributed by atoms with Gasteiger partial charge in [-0.3, -0.25) is 0 Å². The maximum Gasteiger partial charge on any atom is 0.406 e. The zero-order valence-corrected chi connectivity index (χ0v) is 12.7. The molecule has 0 radical (unpaired) electrons. The smallest absolute Gasteiger partial charge is 0.406 e. The molecular formula is C16H10N6O3. The molecule has 0 atom stereocenters. The third-order valence-corrected chi connectivity index (χ3v) is 3.43. The number of ether oxygens (including phenoxy) is 1. The van der Waals surface area contributed by atoms with Crippen LogP contribution in [0.15, 0.2) is 61.1 Å². The lowest BCUT2D eigenvalue weighted by Gasteiger charge is -2.09. The van der Waals surface area contributed by atoms with Crippen molar-refractivity contribution < 1.29 is 9.66 Å². The van der Waals surface area contributed by atoms with Gasteiger partial charge in [-0.25, -0.2) is 4.98 Å². The molecule has 0 N–H and O–H groups in total. The van der Waals surface area contributed by atoms with Crippen molar-refractivity contribution in [2.75, 3.05) is 0 Å². The molecule has 0 aliphatic rings. The SMILES string of the molecule is O=[N+]([O-])c1ncccc1Oc1cc(-c2ccccc2)nc2ncnn12. The zero-order valence-electron chi connectivity index (χ0n) is 12.7. The van der Waals surface area contributed by atoms with E-state index in [1.807, 2.05) is 30.3 Å². The molecule has 0 saturated carbocycles. The number of hydrogen-bond acceptors (Lipinski definition) is 7. The molecule has 0 unspecified atom stereocenters. The number of pyridine rings is 1. The molecule has 4 aromatic rings. The number of benzene rings is 1. The van der Waals surface area contributed by atoms with E-state index in [-0.39, 0.29) is 17.4 Å². The molecule has 0 amide bonds. The zero-order chi connectivity index (χ0) is 17.2. The van der Waals surface area contributed by atoms with Gasteiger partial charge in [0.1, 0.15) is 12.5 Å². The molecule has 9 heteroatoms. The molecular weight excluding hydrogens is 324 g/mol. The highest BCUT2D eigenvalue weighted by Crippen LogP contribution is 2.30. The molecule has 0 spiro atoms. The predicted molar refractivity (Wildman–Crippen MR) is 87.2 cm³/mol. The van der Waals surface area contributed by atoms with Crippen molar-refractivity contribution in [2.45, 2.75) is 0 Å². The largest absolute Gasteiger partial charge is 0.430 e. The third kappa shape index (κ3) is 2.74. The van der Waals surface area contributed by atoms with Gasteiger partial charge in [0, 0.05) is 11.6 Å². The van der Waals surface area contributed by atoms with Crippen LogP contribution in [0.5, 0.6) is 11.6 Å². The molecule has 0 saturated heterocycles. The predicted octanol–water partition coefficient (Wildman–Crippen LogP) is 2.89. The van der Waals surface area contributed by atoms with Crippen LogP contribution in [0.1, 0.15) is 0 Å². The van der Waals surface area contributed by atoms with Crippen molar-refractivity contribution in [3.63, 3.8) is 0 Å². The Labute approximate surface area is 140 Å². The monoisotopic (exact) mass is 334 g/mol. The average Bonchev–Trinajstić information content (AvgIpc) is 3.11. The number of aromatic nitrogens is 5. The molecule has 0 fully saturated rings. The minimum Gasteiger partial charge on any atom is -0.430 e. The summed E-state index contributed by atoms with van der Waals surface area (Å²) in [6.45, 7) is 0. The van der Waals surface area contributed by atoms with Crippen LogP contribution in [-0.4, -0.2) is 29.5 Å². The second-order valence-corrected chi connectivity index (χ2v) is 5.00.